The van der Waals surface area contributed by atoms with Gasteiger partial charge in [-0.1, -0.05) is 37.3 Å². The molecule has 2 aromatic heterocycles. The summed E-state index contributed by atoms with van der Waals surface area (Å²) in [6.45, 7) is 2.74. The summed E-state index contributed by atoms with van der Waals surface area (Å²) in [5.41, 5.74) is 8.94. The lowest BCUT2D eigenvalue weighted by Gasteiger charge is -2.26. The van der Waals surface area contributed by atoms with Crippen LogP contribution in [0.25, 0.3) is 0 Å². The van der Waals surface area contributed by atoms with Gasteiger partial charge in [0.05, 0.1) is 30.5 Å². The average molecular weight is 367 g/mol. The Hall–Kier alpha value is -2.97. The predicted octanol–water partition coefficient (Wildman–Crippen LogP) is 2.05. The van der Waals surface area contributed by atoms with Crippen molar-refractivity contribution in [1.82, 2.24) is 25.7 Å². The highest BCUT2D eigenvalue weighted by Gasteiger charge is 2.39. The van der Waals surface area contributed by atoms with E-state index < -0.39 is 0 Å². The second-order valence-electron chi connectivity index (χ2n) is 6.67. The topological polar surface area (TPSA) is 96.4 Å². The Morgan fingerprint density at radius 3 is 2.22 bits per heavy atom. The van der Waals surface area contributed by atoms with Gasteiger partial charge in [-0.25, -0.2) is 20.8 Å². The maximum Gasteiger partial charge on any atom is 0.242 e. The molecule has 0 spiro atoms. The van der Waals surface area contributed by atoms with Crippen LogP contribution in [0.4, 0.5) is 0 Å². The van der Waals surface area contributed by atoms with Crippen molar-refractivity contribution in [3.05, 3.63) is 72.6 Å². The van der Waals surface area contributed by atoms with Crippen molar-refractivity contribution < 1.29 is 13.6 Å². The molecule has 0 radical (unpaired) electrons. The highest BCUT2D eigenvalue weighted by molar-refractivity contribution is 5.82. The number of hydrogen-bond acceptors (Lipinski definition) is 7. The summed E-state index contributed by atoms with van der Waals surface area (Å²) in [4.78, 5) is 23.3. The first-order valence-electron chi connectivity index (χ1n) is 8.81. The minimum atomic E-state index is -0.367. The number of aromatic nitrogens is 2. The van der Waals surface area contributed by atoms with Gasteiger partial charge in [-0.15, -0.1) is 0 Å². The van der Waals surface area contributed by atoms with Crippen LogP contribution < -0.4 is 10.9 Å². The van der Waals surface area contributed by atoms with E-state index >= 15 is 0 Å². The van der Waals surface area contributed by atoms with Crippen LogP contribution in [-0.4, -0.2) is 26.8 Å². The number of carbonyl (C=O) groups excluding carboxylic acids is 1. The zero-order chi connectivity index (χ0) is 18.6. The van der Waals surface area contributed by atoms with E-state index in [2.05, 4.69) is 39.9 Å². The number of hydrogen-bond donors (Lipinski definition) is 2. The third-order valence-electron chi connectivity index (χ3n) is 4.85. The molecule has 1 saturated heterocycles. The molecule has 8 nitrogen and oxygen atoms in total. The largest absolute Gasteiger partial charge is 0.451 e. The van der Waals surface area contributed by atoms with Gasteiger partial charge in [-0.05, 0) is 5.56 Å². The highest BCUT2D eigenvalue weighted by Crippen LogP contribution is 2.29. The van der Waals surface area contributed by atoms with E-state index in [0.29, 0.717) is 24.5 Å². The molecular weight excluding hydrogens is 346 g/mol. The van der Waals surface area contributed by atoms with Gasteiger partial charge < -0.3 is 13.7 Å². The van der Waals surface area contributed by atoms with E-state index in [0.717, 1.165) is 5.56 Å². The van der Waals surface area contributed by atoms with Crippen molar-refractivity contribution in [2.24, 2.45) is 5.92 Å². The summed E-state index contributed by atoms with van der Waals surface area (Å²) in [5.74, 6) is 0.0384. The zero-order valence-electron chi connectivity index (χ0n) is 14.9. The van der Waals surface area contributed by atoms with Gasteiger partial charge in [0.1, 0.15) is 18.6 Å². The lowest BCUT2D eigenvalue weighted by Crippen LogP contribution is -2.47. The van der Waals surface area contributed by atoms with E-state index in [9.17, 15) is 4.79 Å². The summed E-state index contributed by atoms with van der Waals surface area (Å²) < 4.78 is 10.1. The molecule has 3 atom stereocenters. The Morgan fingerprint density at radius 2 is 1.67 bits per heavy atom. The van der Waals surface area contributed by atoms with Gasteiger partial charge in [-0.2, -0.15) is 0 Å². The number of hydrazine groups is 1. The van der Waals surface area contributed by atoms with Gasteiger partial charge >= 0.3 is 0 Å². The van der Waals surface area contributed by atoms with Gasteiger partial charge in [0, 0.05) is 5.92 Å². The molecular formula is C19H21N5O3. The predicted molar refractivity (Wildman–Crippen MR) is 95.7 cm³/mol. The van der Waals surface area contributed by atoms with Gasteiger partial charge in [0.15, 0.2) is 12.8 Å². The molecule has 3 unspecified atom stereocenters. The summed E-state index contributed by atoms with van der Waals surface area (Å²) in [7, 11) is 0. The van der Waals surface area contributed by atoms with Crippen LogP contribution in [0.2, 0.25) is 0 Å². The summed E-state index contributed by atoms with van der Waals surface area (Å²) in [6, 6.07) is 9.79. The van der Waals surface area contributed by atoms with Gasteiger partial charge in [0.25, 0.3) is 0 Å². The molecule has 0 aliphatic carbocycles. The number of oxazole rings is 2. The van der Waals surface area contributed by atoms with Crippen molar-refractivity contribution in [2.75, 3.05) is 0 Å². The summed E-state index contributed by atoms with van der Waals surface area (Å²) in [5, 5.41) is 0. The number of carbonyl (C=O) groups is 1. The molecule has 1 aliphatic rings. The Morgan fingerprint density at radius 1 is 1.04 bits per heavy atom. The van der Waals surface area contributed by atoms with Crippen LogP contribution in [0.3, 0.4) is 0 Å². The first kappa shape index (κ1) is 17.4. The zero-order valence-corrected chi connectivity index (χ0v) is 14.9. The fourth-order valence-electron chi connectivity index (χ4n) is 3.40. The molecule has 0 bridgehead atoms. The van der Waals surface area contributed by atoms with Crippen LogP contribution in [0, 0.1) is 5.92 Å². The number of nitrogens with one attached hydrogen (secondary N) is 2. The number of benzene rings is 1. The number of amides is 1. The lowest BCUT2D eigenvalue weighted by molar-refractivity contribution is -0.135. The maximum absolute atomic E-state index is 13.3. The van der Waals surface area contributed by atoms with E-state index in [-0.39, 0.29) is 23.9 Å². The Kier molecular flexibility index (Phi) is 4.99. The first-order valence-corrected chi connectivity index (χ1v) is 8.81. The van der Waals surface area contributed by atoms with E-state index in [1.165, 1.54) is 12.8 Å². The highest BCUT2D eigenvalue weighted by atomic mass is 16.3. The van der Waals surface area contributed by atoms with Crippen LogP contribution in [0.1, 0.15) is 29.9 Å². The standard InChI is InChI=1S/C19H21N5O3/c1-13-17(14-5-3-2-4-6-14)22-23-18(13)19(25)24(7-15-9-26-11-20-15)8-16-10-27-12-21-16/h2-6,9-13,17-18,22-23H,7-8H2,1H3. The van der Waals surface area contributed by atoms with E-state index in [4.69, 9.17) is 8.83 Å². The molecule has 2 N–H and O–H groups in total. The fourth-order valence-corrected chi connectivity index (χ4v) is 3.40. The summed E-state index contributed by atoms with van der Waals surface area (Å²) >= 11 is 0. The van der Waals surface area contributed by atoms with Crippen molar-refractivity contribution in [2.45, 2.75) is 32.1 Å². The van der Waals surface area contributed by atoms with Crippen LogP contribution in [0.15, 0.2) is 64.5 Å². The lowest BCUT2D eigenvalue weighted by atomic mass is 9.90. The molecule has 4 rings (SSSR count). The molecule has 8 heteroatoms. The molecule has 1 aliphatic heterocycles. The molecule has 27 heavy (non-hydrogen) atoms. The molecule has 1 amide bonds. The van der Waals surface area contributed by atoms with Gasteiger partial charge in [0.2, 0.25) is 5.91 Å². The van der Waals surface area contributed by atoms with Crippen molar-refractivity contribution in [1.29, 1.82) is 0 Å². The fraction of sp³-hybridized carbons (Fsp3) is 0.316. The van der Waals surface area contributed by atoms with E-state index in [1.54, 1.807) is 17.4 Å². The van der Waals surface area contributed by atoms with Crippen molar-refractivity contribution in [3.8, 4) is 0 Å². The van der Waals surface area contributed by atoms with Crippen molar-refractivity contribution >= 4 is 5.91 Å². The second kappa shape index (κ2) is 7.73. The molecule has 1 aromatic carbocycles. The SMILES string of the molecule is CC1C(C(=O)N(Cc2cocn2)Cc2cocn2)NNC1c1ccccc1. The van der Waals surface area contributed by atoms with Crippen LogP contribution >= 0.6 is 0 Å². The molecule has 0 saturated carbocycles. The monoisotopic (exact) mass is 367 g/mol. The quantitative estimate of drug-likeness (QED) is 0.688. The van der Waals surface area contributed by atoms with Crippen LogP contribution in [0.5, 0.6) is 0 Å². The molecule has 3 heterocycles. The summed E-state index contributed by atoms with van der Waals surface area (Å²) in [6.07, 6.45) is 5.80. The third-order valence-corrected chi connectivity index (χ3v) is 4.85. The maximum atomic E-state index is 13.3. The third kappa shape index (κ3) is 3.76. The second-order valence-corrected chi connectivity index (χ2v) is 6.67. The Labute approximate surface area is 156 Å². The number of rotatable bonds is 6. The Balaban J connectivity index is 1.52. The minimum absolute atomic E-state index is 0.0283. The molecule has 140 valence electrons. The van der Waals surface area contributed by atoms with Gasteiger partial charge in [-0.3, -0.25) is 4.79 Å². The molecule has 3 aromatic rings. The normalized spacial score (nSPS) is 22.0. The smallest absolute Gasteiger partial charge is 0.242 e. The minimum Gasteiger partial charge on any atom is -0.451 e. The van der Waals surface area contributed by atoms with E-state index in [1.807, 2.05) is 18.2 Å². The first-order chi connectivity index (χ1) is 13.2. The van der Waals surface area contributed by atoms with Crippen molar-refractivity contribution in [3.63, 3.8) is 0 Å². The number of nitrogens with zero attached hydrogens (tertiary/aromatic N) is 3. The molecule has 1 fully saturated rings. The Bertz CT molecular complexity index is 815. The van der Waals surface area contributed by atoms with Crippen LogP contribution in [-0.2, 0) is 17.9 Å². The average Bonchev–Trinajstić information content (AvgIpc) is 3.44.